The van der Waals surface area contributed by atoms with Crippen LogP contribution in [0.3, 0.4) is 0 Å². The first kappa shape index (κ1) is 14.4. The molecule has 1 amide bonds. The van der Waals surface area contributed by atoms with E-state index in [4.69, 9.17) is 11.6 Å². The van der Waals surface area contributed by atoms with Crippen molar-refractivity contribution in [3.8, 4) is 0 Å². The third kappa shape index (κ3) is 4.24. The molecule has 0 aliphatic heterocycles. The molecular weight excluding hydrogens is 258 g/mol. The number of halogens is 1. The summed E-state index contributed by atoms with van der Waals surface area (Å²) in [4.78, 5) is 12.1. The number of carbonyl (C=O) groups is 1. The Hall–Kier alpha value is -1.02. The maximum absolute atomic E-state index is 12.1. The molecule has 1 aromatic rings. The third-order valence-electron chi connectivity index (χ3n) is 3.94. The second kappa shape index (κ2) is 6.95. The van der Waals surface area contributed by atoms with E-state index in [1.54, 1.807) is 0 Å². The van der Waals surface area contributed by atoms with E-state index in [0.29, 0.717) is 18.2 Å². The molecular formula is C16H22ClNO. The van der Waals surface area contributed by atoms with Crippen LogP contribution in [-0.2, 0) is 11.2 Å². The fraction of sp³-hybridized carbons (Fsp3) is 0.562. The van der Waals surface area contributed by atoms with Crippen LogP contribution >= 0.6 is 11.6 Å². The van der Waals surface area contributed by atoms with Gasteiger partial charge in [0.05, 0.1) is 6.42 Å². The van der Waals surface area contributed by atoms with E-state index < -0.39 is 0 Å². The maximum atomic E-state index is 12.1. The lowest BCUT2D eigenvalue weighted by molar-refractivity contribution is -0.121. The highest BCUT2D eigenvalue weighted by molar-refractivity contribution is 6.18. The minimum Gasteiger partial charge on any atom is -0.353 e. The number of aryl methyl sites for hydroxylation is 1. The Labute approximate surface area is 120 Å². The Morgan fingerprint density at radius 2 is 1.95 bits per heavy atom. The number of carbonyl (C=O) groups excluding carboxylic acids is 1. The fourth-order valence-electron chi connectivity index (χ4n) is 2.73. The van der Waals surface area contributed by atoms with E-state index in [2.05, 4.69) is 12.2 Å². The predicted octanol–water partition coefficient (Wildman–Crippen LogP) is 3.45. The molecule has 1 N–H and O–H groups in total. The first-order chi connectivity index (χ1) is 9.19. The van der Waals surface area contributed by atoms with E-state index in [-0.39, 0.29) is 11.9 Å². The second-order valence-corrected chi connectivity index (χ2v) is 5.84. The van der Waals surface area contributed by atoms with Gasteiger partial charge in [-0.05, 0) is 31.2 Å². The number of rotatable bonds is 4. The van der Waals surface area contributed by atoms with Crippen LogP contribution in [0.2, 0.25) is 0 Å². The molecule has 0 radical (unpaired) electrons. The standard InChI is InChI=1S/C16H22ClNO/c1-12-6-8-13(9-7-12)10-16(19)18-15-5-3-2-4-14(15)11-17/h6-9,14-15H,2-5,10-11H2,1H3,(H,18,19). The van der Waals surface area contributed by atoms with Gasteiger partial charge in [-0.1, -0.05) is 42.7 Å². The molecule has 2 rings (SSSR count). The van der Waals surface area contributed by atoms with Gasteiger partial charge in [-0.2, -0.15) is 0 Å². The molecule has 19 heavy (non-hydrogen) atoms. The van der Waals surface area contributed by atoms with Crippen molar-refractivity contribution in [1.29, 1.82) is 0 Å². The van der Waals surface area contributed by atoms with Gasteiger partial charge in [-0.25, -0.2) is 0 Å². The van der Waals surface area contributed by atoms with Gasteiger partial charge in [0.2, 0.25) is 5.91 Å². The highest BCUT2D eigenvalue weighted by Crippen LogP contribution is 2.25. The monoisotopic (exact) mass is 279 g/mol. The van der Waals surface area contributed by atoms with Crippen molar-refractivity contribution in [2.75, 3.05) is 5.88 Å². The van der Waals surface area contributed by atoms with Crippen LogP contribution in [0.4, 0.5) is 0 Å². The molecule has 2 unspecified atom stereocenters. The van der Waals surface area contributed by atoms with Crippen LogP contribution in [0.15, 0.2) is 24.3 Å². The van der Waals surface area contributed by atoms with Crippen molar-refractivity contribution in [2.45, 2.75) is 45.1 Å². The highest BCUT2D eigenvalue weighted by atomic mass is 35.5. The molecule has 104 valence electrons. The summed E-state index contributed by atoms with van der Waals surface area (Å²) in [5, 5.41) is 3.16. The smallest absolute Gasteiger partial charge is 0.224 e. The maximum Gasteiger partial charge on any atom is 0.224 e. The van der Waals surface area contributed by atoms with E-state index in [1.807, 2.05) is 24.3 Å². The molecule has 2 atom stereocenters. The summed E-state index contributed by atoms with van der Waals surface area (Å²) in [6.45, 7) is 2.05. The molecule has 1 aliphatic carbocycles. The Kier molecular flexibility index (Phi) is 5.26. The van der Waals surface area contributed by atoms with Crippen LogP contribution in [0.5, 0.6) is 0 Å². The molecule has 0 heterocycles. The van der Waals surface area contributed by atoms with Gasteiger partial charge in [-0.3, -0.25) is 4.79 Å². The van der Waals surface area contributed by atoms with Crippen LogP contribution < -0.4 is 5.32 Å². The van der Waals surface area contributed by atoms with Crippen molar-refractivity contribution < 1.29 is 4.79 Å². The number of alkyl halides is 1. The normalized spacial score (nSPS) is 23.1. The molecule has 2 nitrogen and oxygen atoms in total. The summed E-state index contributed by atoms with van der Waals surface area (Å²) in [7, 11) is 0. The highest BCUT2D eigenvalue weighted by Gasteiger charge is 2.25. The topological polar surface area (TPSA) is 29.1 Å². The minimum absolute atomic E-state index is 0.117. The number of hydrogen-bond acceptors (Lipinski definition) is 1. The van der Waals surface area contributed by atoms with Crippen molar-refractivity contribution in [3.05, 3.63) is 35.4 Å². The average molecular weight is 280 g/mol. The third-order valence-corrected chi connectivity index (χ3v) is 4.34. The summed E-state index contributed by atoms with van der Waals surface area (Å²) < 4.78 is 0. The number of benzene rings is 1. The van der Waals surface area contributed by atoms with Gasteiger partial charge in [0.25, 0.3) is 0 Å². The lowest BCUT2D eigenvalue weighted by atomic mass is 9.85. The van der Waals surface area contributed by atoms with Gasteiger partial charge in [0.15, 0.2) is 0 Å². The molecule has 3 heteroatoms. The zero-order valence-corrected chi connectivity index (χ0v) is 12.2. The average Bonchev–Trinajstić information content (AvgIpc) is 2.42. The molecule has 0 aromatic heterocycles. The molecule has 0 spiro atoms. The zero-order valence-electron chi connectivity index (χ0n) is 11.5. The Bertz CT molecular complexity index is 415. The first-order valence-corrected chi connectivity index (χ1v) is 7.63. The van der Waals surface area contributed by atoms with Gasteiger partial charge < -0.3 is 5.32 Å². The molecule has 0 bridgehead atoms. The van der Waals surface area contributed by atoms with Crippen LogP contribution in [0, 0.1) is 12.8 Å². The van der Waals surface area contributed by atoms with Gasteiger partial charge in [-0.15, -0.1) is 11.6 Å². The van der Waals surface area contributed by atoms with Crippen LogP contribution in [-0.4, -0.2) is 17.8 Å². The molecule has 1 aromatic carbocycles. The van der Waals surface area contributed by atoms with Crippen molar-refractivity contribution in [1.82, 2.24) is 5.32 Å². The van der Waals surface area contributed by atoms with Crippen molar-refractivity contribution >= 4 is 17.5 Å². The quantitative estimate of drug-likeness (QED) is 0.841. The fourth-order valence-corrected chi connectivity index (χ4v) is 3.10. The molecule has 1 saturated carbocycles. The van der Waals surface area contributed by atoms with E-state index in [0.717, 1.165) is 18.4 Å². The van der Waals surface area contributed by atoms with E-state index in [9.17, 15) is 4.79 Å². The second-order valence-electron chi connectivity index (χ2n) is 5.54. The molecule has 0 saturated heterocycles. The Balaban J connectivity index is 1.88. The molecule has 1 aliphatic rings. The minimum atomic E-state index is 0.117. The lowest BCUT2D eigenvalue weighted by Crippen LogP contribution is -2.43. The van der Waals surface area contributed by atoms with Crippen LogP contribution in [0.25, 0.3) is 0 Å². The number of hydrogen-bond donors (Lipinski definition) is 1. The van der Waals surface area contributed by atoms with Crippen LogP contribution in [0.1, 0.15) is 36.8 Å². The molecule has 1 fully saturated rings. The van der Waals surface area contributed by atoms with Gasteiger partial charge >= 0.3 is 0 Å². The van der Waals surface area contributed by atoms with Gasteiger partial charge in [0, 0.05) is 11.9 Å². The lowest BCUT2D eigenvalue weighted by Gasteiger charge is -2.30. The van der Waals surface area contributed by atoms with Gasteiger partial charge in [0.1, 0.15) is 0 Å². The van der Waals surface area contributed by atoms with E-state index >= 15 is 0 Å². The first-order valence-electron chi connectivity index (χ1n) is 7.10. The van der Waals surface area contributed by atoms with Crippen molar-refractivity contribution in [2.24, 2.45) is 5.92 Å². The predicted molar refractivity (Wildman–Crippen MR) is 79.5 cm³/mol. The summed E-state index contributed by atoms with van der Waals surface area (Å²) in [6.07, 6.45) is 5.10. The summed E-state index contributed by atoms with van der Waals surface area (Å²) in [5.74, 6) is 1.21. The van der Waals surface area contributed by atoms with Crippen molar-refractivity contribution in [3.63, 3.8) is 0 Å². The zero-order chi connectivity index (χ0) is 13.7. The SMILES string of the molecule is Cc1ccc(CC(=O)NC2CCCCC2CCl)cc1. The number of nitrogens with one attached hydrogen (secondary N) is 1. The Morgan fingerprint density at radius 3 is 2.63 bits per heavy atom. The van der Waals surface area contributed by atoms with E-state index in [1.165, 1.54) is 18.4 Å². The Morgan fingerprint density at radius 1 is 1.26 bits per heavy atom. The summed E-state index contributed by atoms with van der Waals surface area (Å²) >= 11 is 5.98. The largest absolute Gasteiger partial charge is 0.353 e. The summed E-state index contributed by atoms with van der Waals surface area (Å²) in [5.41, 5.74) is 2.29. The number of amides is 1. The summed E-state index contributed by atoms with van der Waals surface area (Å²) in [6, 6.07) is 8.41.